The summed E-state index contributed by atoms with van der Waals surface area (Å²) >= 11 is 0. The highest BCUT2D eigenvalue weighted by atomic mass is 19.4. The quantitative estimate of drug-likeness (QED) is 0.533. The van der Waals surface area contributed by atoms with Gasteiger partial charge in [0.1, 0.15) is 18.1 Å². The molecule has 1 atom stereocenters. The maximum absolute atomic E-state index is 14.1. The topological polar surface area (TPSA) is 102 Å². The van der Waals surface area contributed by atoms with E-state index in [-0.39, 0.29) is 24.2 Å². The molecule has 4 rings (SSSR count). The van der Waals surface area contributed by atoms with Gasteiger partial charge in [-0.25, -0.2) is 4.39 Å². The van der Waals surface area contributed by atoms with E-state index >= 15 is 0 Å². The van der Waals surface area contributed by atoms with Crippen molar-refractivity contribution in [3.63, 3.8) is 0 Å². The van der Waals surface area contributed by atoms with Gasteiger partial charge in [0, 0.05) is 12.1 Å². The van der Waals surface area contributed by atoms with Gasteiger partial charge in [0.25, 0.3) is 5.91 Å². The highest BCUT2D eigenvalue weighted by molar-refractivity contribution is 6.05. The van der Waals surface area contributed by atoms with Crippen LogP contribution in [-0.2, 0) is 15.8 Å². The first-order valence-electron chi connectivity index (χ1n) is 9.50. The van der Waals surface area contributed by atoms with Crippen LogP contribution in [-0.4, -0.2) is 41.7 Å². The summed E-state index contributed by atoms with van der Waals surface area (Å²) in [5.74, 6) is -3.29. The summed E-state index contributed by atoms with van der Waals surface area (Å²) < 4.78 is 53.0. The molecule has 0 fully saturated rings. The van der Waals surface area contributed by atoms with Crippen molar-refractivity contribution < 1.29 is 37.4 Å². The summed E-state index contributed by atoms with van der Waals surface area (Å²) in [6, 6.07) is 6.28. The molecule has 0 saturated heterocycles. The Hall–Kier alpha value is -3.76. The first-order chi connectivity index (χ1) is 15.1. The Morgan fingerprint density at radius 2 is 1.88 bits per heavy atom. The average molecular weight is 451 g/mol. The molecule has 0 spiro atoms. The largest absolute Gasteiger partial charge is 0.507 e. The van der Waals surface area contributed by atoms with E-state index in [9.17, 15) is 32.3 Å². The minimum absolute atomic E-state index is 0.0239. The molecule has 32 heavy (non-hydrogen) atoms. The smallest absolute Gasteiger partial charge is 0.416 e. The van der Waals surface area contributed by atoms with E-state index < -0.39 is 47.8 Å². The van der Waals surface area contributed by atoms with E-state index in [4.69, 9.17) is 5.11 Å². The van der Waals surface area contributed by atoms with Crippen LogP contribution >= 0.6 is 0 Å². The van der Waals surface area contributed by atoms with Crippen molar-refractivity contribution in [2.45, 2.75) is 12.2 Å². The Morgan fingerprint density at radius 1 is 1.19 bits per heavy atom. The zero-order valence-corrected chi connectivity index (χ0v) is 16.3. The number of halogens is 4. The Balaban J connectivity index is 1.75. The van der Waals surface area contributed by atoms with Crippen molar-refractivity contribution in [3.8, 4) is 0 Å². The molecule has 1 unspecified atom stereocenters. The third-order valence-electron chi connectivity index (χ3n) is 5.39. The van der Waals surface area contributed by atoms with E-state index in [0.29, 0.717) is 16.9 Å². The standard InChI is InChI=1S/C21H17F4N3O4/c22-12-5-13-18-15(6-12)26-7-16(10-1-3-11(4-2-10)21(23,24)25)28(18)9-14(19(13)31)20(32)27-8-17(29)30/h1-6,16,26,31H,7-9H2,(H,27,32)(H,29,30). The molecule has 0 bridgehead atoms. The van der Waals surface area contributed by atoms with E-state index in [0.717, 1.165) is 18.2 Å². The van der Waals surface area contributed by atoms with Crippen molar-refractivity contribution >= 4 is 29.0 Å². The fourth-order valence-electron chi connectivity index (χ4n) is 3.93. The minimum atomic E-state index is -4.49. The van der Waals surface area contributed by atoms with Crippen LogP contribution in [0.15, 0.2) is 42.0 Å². The first-order valence-corrected chi connectivity index (χ1v) is 9.50. The van der Waals surface area contributed by atoms with Crippen molar-refractivity contribution in [2.24, 2.45) is 0 Å². The number of carbonyl (C=O) groups excluding carboxylic acids is 1. The predicted molar refractivity (Wildman–Crippen MR) is 107 cm³/mol. The number of nitrogens with one attached hydrogen (secondary N) is 2. The molecule has 0 aromatic heterocycles. The first kappa shape index (κ1) is 21.5. The summed E-state index contributed by atoms with van der Waals surface area (Å²) in [4.78, 5) is 25.0. The lowest BCUT2D eigenvalue weighted by molar-refractivity contribution is -0.138. The minimum Gasteiger partial charge on any atom is -0.507 e. The molecule has 0 aliphatic carbocycles. The number of carboxylic acids is 1. The molecule has 0 saturated carbocycles. The molecule has 2 aliphatic heterocycles. The summed E-state index contributed by atoms with van der Waals surface area (Å²) in [5.41, 5.74) is 0.315. The summed E-state index contributed by atoms with van der Waals surface area (Å²) in [7, 11) is 0. The van der Waals surface area contributed by atoms with Crippen molar-refractivity contribution in [3.05, 3.63) is 64.5 Å². The molecular weight excluding hydrogens is 434 g/mol. The van der Waals surface area contributed by atoms with Crippen LogP contribution in [0.3, 0.4) is 0 Å². The number of aliphatic hydroxyl groups excluding tert-OH is 1. The second-order valence-corrected chi connectivity index (χ2v) is 7.40. The third kappa shape index (κ3) is 3.81. The van der Waals surface area contributed by atoms with Crippen LogP contribution in [0.5, 0.6) is 0 Å². The fourth-order valence-corrected chi connectivity index (χ4v) is 3.93. The van der Waals surface area contributed by atoms with Gasteiger partial charge in [-0.3, -0.25) is 9.59 Å². The summed E-state index contributed by atoms with van der Waals surface area (Å²) in [6.45, 7) is -0.636. The zero-order chi connectivity index (χ0) is 23.2. The van der Waals surface area contributed by atoms with Gasteiger partial charge in [-0.15, -0.1) is 0 Å². The number of nitrogens with zero attached hydrogens (tertiary/aromatic N) is 1. The number of anilines is 2. The van der Waals surface area contributed by atoms with E-state index in [2.05, 4.69) is 10.6 Å². The molecule has 168 valence electrons. The molecule has 2 heterocycles. The van der Waals surface area contributed by atoms with Crippen LogP contribution in [0.1, 0.15) is 22.7 Å². The monoisotopic (exact) mass is 451 g/mol. The van der Waals surface area contributed by atoms with Gasteiger partial charge in [-0.2, -0.15) is 13.2 Å². The fraction of sp³-hybridized carbons (Fsp3) is 0.238. The molecule has 2 aliphatic rings. The SMILES string of the molecule is O=C(O)CNC(=O)C1=C(O)c2cc(F)cc3c2N(C1)C(c1ccc(C(F)(F)F)cc1)CN3. The molecule has 2 aromatic rings. The maximum Gasteiger partial charge on any atom is 0.416 e. The second kappa shape index (κ2) is 7.74. The number of aliphatic carboxylic acids is 1. The van der Waals surface area contributed by atoms with E-state index in [1.807, 2.05) is 0 Å². The Kier molecular flexibility index (Phi) is 5.19. The molecular formula is C21H17F4N3O4. The third-order valence-corrected chi connectivity index (χ3v) is 5.39. The number of hydrogen-bond donors (Lipinski definition) is 4. The normalized spacial score (nSPS) is 17.5. The van der Waals surface area contributed by atoms with Gasteiger partial charge in [-0.05, 0) is 29.8 Å². The molecule has 11 heteroatoms. The predicted octanol–water partition coefficient (Wildman–Crippen LogP) is 3.30. The number of aliphatic hydroxyl groups is 1. The molecule has 7 nitrogen and oxygen atoms in total. The molecule has 0 radical (unpaired) electrons. The van der Waals surface area contributed by atoms with Gasteiger partial charge >= 0.3 is 12.1 Å². The number of carbonyl (C=O) groups is 2. The Morgan fingerprint density at radius 3 is 2.50 bits per heavy atom. The van der Waals surface area contributed by atoms with E-state index in [1.54, 1.807) is 4.90 Å². The molecule has 2 aromatic carbocycles. The number of rotatable bonds is 4. The highest BCUT2D eigenvalue weighted by Crippen LogP contribution is 2.46. The number of carboxylic acid groups (broad SMARTS) is 1. The second-order valence-electron chi connectivity index (χ2n) is 7.40. The van der Waals surface area contributed by atoms with Crippen molar-refractivity contribution in [1.82, 2.24) is 5.32 Å². The van der Waals surface area contributed by atoms with Crippen LogP contribution in [0.25, 0.3) is 5.76 Å². The summed E-state index contributed by atoms with van der Waals surface area (Å²) in [5, 5.41) is 24.6. The highest BCUT2D eigenvalue weighted by Gasteiger charge is 2.38. The Labute approximate surface area is 179 Å². The average Bonchev–Trinajstić information content (AvgIpc) is 2.73. The zero-order valence-electron chi connectivity index (χ0n) is 16.3. The number of alkyl halides is 3. The van der Waals surface area contributed by atoms with Crippen molar-refractivity contribution in [2.75, 3.05) is 29.9 Å². The van der Waals surface area contributed by atoms with Gasteiger partial charge in [-0.1, -0.05) is 12.1 Å². The van der Waals surface area contributed by atoms with Gasteiger partial charge < -0.3 is 25.7 Å². The van der Waals surface area contributed by atoms with Gasteiger partial charge in [0.05, 0.1) is 35.1 Å². The van der Waals surface area contributed by atoms with E-state index in [1.165, 1.54) is 18.2 Å². The van der Waals surface area contributed by atoms with Crippen LogP contribution in [0.4, 0.5) is 28.9 Å². The number of hydrogen-bond acceptors (Lipinski definition) is 5. The Bertz CT molecular complexity index is 1130. The number of amides is 1. The molecule has 4 N–H and O–H groups in total. The van der Waals surface area contributed by atoms with Crippen LogP contribution in [0.2, 0.25) is 0 Å². The van der Waals surface area contributed by atoms with Crippen molar-refractivity contribution in [1.29, 1.82) is 0 Å². The summed E-state index contributed by atoms with van der Waals surface area (Å²) in [6.07, 6.45) is -4.49. The van der Waals surface area contributed by atoms with Crippen LogP contribution < -0.4 is 15.5 Å². The molecule has 1 amide bonds. The van der Waals surface area contributed by atoms with Crippen LogP contribution in [0, 0.1) is 5.82 Å². The van der Waals surface area contributed by atoms with Gasteiger partial charge in [0.2, 0.25) is 0 Å². The lowest BCUT2D eigenvalue weighted by atomic mass is 9.92. The maximum atomic E-state index is 14.1. The van der Waals surface area contributed by atoms with Gasteiger partial charge in [0.15, 0.2) is 0 Å². The lowest BCUT2D eigenvalue weighted by Gasteiger charge is -2.43. The number of benzene rings is 2. The lowest BCUT2D eigenvalue weighted by Crippen LogP contribution is -2.44.